The van der Waals surface area contributed by atoms with Crippen molar-refractivity contribution in [2.75, 3.05) is 18.5 Å². The average Bonchev–Trinajstić information content (AvgIpc) is 2.47. The van der Waals surface area contributed by atoms with Crippen LogP contribution in [0.1, 0.15) is 0 Å². The standard InChI is InChI=1S/C13H14ClN3O3/c14-12-4-5-13(17-16-12)20-11-3-1-2-9(6-11)15-7-10(19)8-18/h1-6,10,15,18-19H,7-8H2. The first-order chi connectivity index (χ1) is 9.67. The van der Waals surface area contributed by atoms with Crippen molar-refractivity contribution in [1.29, 1.82) is 0 Å². The van der Waals surface area contributed by atoms with Crippen molar-refractivity contribution in [2.24, 2.45) is 0 Å². The highest BCUT2D eigenvalue weighted by Crippen LogP contribution is 2.22. The number of hydrogen-bond acceptors (Lipinski definition) is 6. The quantitative estimate of drug-likeness (QED) is 0.752. The van der Waals surface area contributed by atoms with Crippen molar-refractivity contribution in [3.63, 3.8) is 0 Å². The first-order valence-electron chi connectivity index (χ1n) is 5.97. The van der Waals surface area contributed by atoms with Gasteiger partial charge in [-0.1, -0.05) is 17.7 Å². The fourth-order valence-electron chi connectivity index (χ4n) is 1.45. The van der Waals surface area contributed by atoms with E-state index in [-0.39, 0.29) is 13.2 Å². The topological polar surface area (TPSA) is 87.5 Å². The minimum Gasteiger partial charge on any atom is -0.437 e. The van der Waals surface area contributed by atoms with E-state index in [1.54, 1.807) is 30.3 Å². The van der Waals surface area contributed by atoms with Crippen LogP contribution in [0.4, 0.5) is 5.69 Å². The Labute approximate surface area is 121 Å². The number of hydrogen-bond donors (Lipinski definition) is 3. The predicted molar refractivity (Wildman–Crippen MR) is 75.1 cm³/mol. The van der Waals surface area contributed by atoms with E-state index >= 15 is 0 Å². The number of halogens is 1. The molecule has 6 nitrogen and oxygen atoms in total. The van der Waals surface area contributed by atoms with Crippen molar-refractivity contribution in [1.82, 2.24) is 10.2 Å². The van der Waals surface area contributed by atoms with E-state index in [0.717, 1.165) is 5.69 Å². The molecule has 2 aromatic rings. The minimum absolute atomic E-state index is 0.251. The van der Waals surface area contributed by atoms with Crippen LogP contribution < -0.4 is 10.1 Å². The van der Waals surface area contributed by atoms with Gasteiger partial charge in [0.1, 0.15) is 5.75 Å². The van der Waals surface area contributed by atoms with Crippen LogP contribution in [0.15, 0.2) is 36.4 Å². The highest BCUT2D eigenvalue weighted by atomic mass is 35.5. The van der Waals surface area contributed by atoms with Crippen LogP contribution >= 0.6 is 11.6 Å². The van der Waals surface area contributed by atoms with E-state index in [4.69, 9.17) is 21.4 Å². The van der Waals surface area contributed by atoms with Crippen molar-refractivity contribution in [2.45, 2.75) is 6.10 Å². The number of aliphatic hydroxyl groups is 2. The van der Waals surface area contributed by atoms with Crippen LogP contribution in [0.25, 0.3) is 0 Å². The summed E-state index contributed by atoms with van der Waals surface area (Å²) >= 11 is 5.64. The second-order valence-corrected chi connectivity index (χ2v) is 4.43. The number of benzene rings is 1. The van der Waals surface area contributed by atoms with Gasteiger partial charge in [-0.15, -0.1) is 10.2 Å². The number of aliphatic hydroxyl groups excluding tert-OH is 2. The van der Waals surface area contributed by atoms with E-state index in [9.17, 15) is 5.11 Å². The summed E-state index contributed by atoms with van der Waals surface area (Å²) in [5, 5.41) is 28.8. The average molecular weight is 296 g/mol. The first kappa shape index (κ1) is 14.5. The van der Waals surface area contributed by atoms with Crippen LogP contribution in [0.2, 0.25) is 5.15 Å². The van der Waals surface area contributed by atoms with Gasteiger partial charge in [-0.25, -0.2) is 0 Å². The normalized spacial score (nSPS) is 11.9. The number of aromatic nitrogens is 2. The Morgan fingerprint density at radius 2 is 2.10 bits per heavy atom. The van der Waals surface area contributed by atoms with Gasteiger partial charge in [0.2, 0.25) is 5.88 Å². The van der Waals surface area contributed by atoms with Gasteiger partial charge in [-0.05, 0) is 18.2 Å². The molecule has 0 aliphatic rings. The van der Waals surface area contributed by atoms with Gasteiger partial charge in [-0.2, -0.15) is 0 Å². The van der Waals surface area contributed by atoms with E-state index < -0.39 is 6.10 Å². The van der Waals surface area contributed by atoms with Crippen LogP contribution in [-0.4, -0.2) is 39.7 Å². The van der Waals surface area contributed by atoms with Crippen LogP contribution in [0, 0.1) is 0 Å². The maximum Gasteiger partial charge on any atom is 0.238 e. The molecule has 7 heteroatoms. The zero-order valence-corrected chi connectivity index (χ0v) is 11.3. The summed E-state index contributed by atoms with van der Waals surface area (Å²) in [6, 6.07) is 10.3. The van der Waals surface area contributed by atoms with Crippen LogP contribution in [0.3, 0.4) is 0 Å². The van der Waals surface area contributed by atoms with E-state index in [1.807, 2.05) is 6.07 Å². The zero-order chi connectivity index (χ0) is 14.4. The maximum atomic E-state index is 9.28. The Hall–Kier alpha value is -1.89. The van der Waals surface area contributed by atoms with Crippen molar-refractivity contribution in [3.8, 4) is 11.6 Å². The molecule has 1 aromatic heterocycles. The van der Waals surface area contributed by atoms with Crippen LogP contribution in [-0.2, 0) is 0 Å². The Morgan fingerprint density at radius 3 is 2.80 bits per heavy atom. The SMILES string of the molecule is OCC(O)CNc1cccc(Oc2ccc(Cl)nn2)c1. The largest absolute Gasteiger partial charge is 0.437 e. The van der Waals surface area contributed by atoms with Gasteiger partial charge in [-0.3, -0.25) is 0 Å². The first-order valence-corrected chi connectivity index (χ1v) is 6.35. The van der Waals surface area contributed by atoms with Gasteiger partial charge in [0, 0.05) is 24.4 Å². The van der Waals surface area contributed by atoms with Gasteiger partial charge in [0.25, 0.3) is 0 Å². The highest BCUT2D eigenvalue weighted by Gasteiger charge is 2.03. The third kappa shape index (κ3) is 4.34. The molecular weight excluding hydrogens is 282 g/mol. The summed E-state index contributed by atoms with van der Waals surface area (Å²) < 4.78 is 5.52. The highest BCUT2D eigenvalue weighted by molar-refractivity contribution is 6.29. The van der Waals surface area contributed by atoms with Crippen LogP contribution in [0.5, 0.6) is 11.6 Å². The molecule has 0 fully saturated rings. The zero-order valence-electron chi connectivity index (χ0n) is 10.5. The molecule has 1 atom stereocenters. The Balaban J connectivity index is 2.00. The number of nitrogens with zero attached hydrogens (tertiary/aromatic N) is 2. The molecular formula is C13H14ClN3O3. The smallest absolute Gasteiger partial charge is 0.238 e. The van der Waals surface area contributed by atoms with Gasteiger partial charge in [0.05, 0.1) is 12.7 Å². The fourth-order valence-corrected chi connectivity index (χ4v) is 1.55. The minimum atomic E-state index is -0.804. The Kier molecular flexibility index (Phi) is 5.11. The van der Waals surface area contributed by atoms with Gasteiger partial charge >= 0.3 is 0 Å². The molecule has 1 aromatic carbocycles. The third-order valence-corrected chi connectivity index (χ3v) is 2.62. The van der Waals surface area contributed by atoms with E-state index in [1.165, 1.54) is 0 Å². The number of ether oxygens (including phenoxy) is 1. The molecule has 20 heavy (non-hydrogen) atoms. The predicted octanol–water partition coefficient (Wildman–Crippen LogP) is 1.69. The van der Waals surface area contributed by atoms with Crippen molar-refractivity contribution < 1.29 is 14.9 Å². The van der Waals surface area contributed by atoms with Crippen molar-refractivity contribution in [3.05, 3.63) is 41.6 Å². The molecule has 2 rings (SSSR count). The van der Waals surface area contributed by atoms with E-state index in [2.05, 4.69) is 15.5 Å². The fraction of sp³-hybridized carbons (Fsp3) is 0.231. The molecule has 0 spiro atoms. The molecule has 1 heterocycles. The third-order valence-electron chi connectivity index (χ3n) is 2.42. The van der Waals surface area contributed by atoms with Gasteiger partial charge < -0.3 is 20.3 Å². The monoisotopic (exact) mass is 295 g/mol. The van der Waals surface area contributed by atoms with E-state index in [0.29, 0.717) is 16.8 Å². The second-order valence-electron chi connectivity index (χ2n) is 4.04. The molecule has 1 unspecified atom stereocenters. The molecule has 106 valence electrons. The lowest BCUT2D eigenvalue weighted by atomic mass is 10.3. The molecule has 0 aliphatic heterocycles. The van der Waals surface area contributed by atoms with Gasteiger partial charge in [0.15, 0.2) is 5.15 Å². The lowest BCUT2D eigenvalue weighted by Gasteiger charge is -2.11. The number of rotatable bonds is 6. The summed E-state index contributed by atoms with van der Waals surface area (Å²) in [4.78, 5) is 0. The molecule has 0 amide bonds. The molecule has 0 aliphatic carbocycles. The summed E-state index contributed by atoms with van der Waals surface area (Å²) in [5.41, 5.74) is 0.761. The summed E-state index contributed by atoms with van der Waals surface area (Å²) in [6.45, 7) is -0.0374. The summed E-state index contributed by atoms with van der Waals surface area (Å²) in [7, 11) is 0. The second kappa shape index (κ2) is 7.04. The molecule has 3 N–H and O–H groups in total. The molecule has 0 radical (unpaired) electrons. The Bertz CT molecular complexity index is 551. The molecule has 0 saturated heterocycles. The summed E-state index contributed by atoms with van der Waals surface area (Å²) in [6.07, 6.45) is -0.804. The number of nitrogens with one attached hydrogen (secondary N) is 1. The lowest BCUT2D eigenvalue weighted by Crippen LogP contribution is -2.22. The number of anilines is 1. The Morgan fingerprint density at radius 1 is 1.25 bits per heavy atom. The molecule has 0 bridgehead atoms. The summed E-state index contributed by atoms with van der Waals surface area (Å²) in [5.74, 6) is 0.909. The lowest BCUT2D eigenvalue weighted by molar-refractivity contribution is 0.105. The van der Waals surface area contributed by atoms with Crippen molar-refractivity contribution >= 4 is 17.3 Å². The molecule has 0 saturated carbocycles. The maximum absolute atomic E-state index is 9.28.